The molecule has 0 saturated carbocycles. The molecule has 1 aromatic heterocycles. The molecule has 5 nitrogen and oxygen atoms in total. The van der Waals surface area contributed by atoms with Crippen molar-refractivity contribution in [2.24, 2.45) is 5.73 Å². The highest BCUT2D eigenvalue weighted by Crippen LogP contribution is 2.06. The van der Waals surface area contributed by atoms with E-state index in [1.54, 1.807) is 5.38 Å². The Hall–Kier alpha value is -0.920. The van der Waals surface area contributed by atoms with Gasteiger partial charge in [-0.05, 0) is 0 Å². The number of aromatic nitrogens is 1. The molecule has 0 aliphatic carbocycles. The average molecular weight is 232 g/mol. The highest BCUT2D eigenvalue weighted by Gasteiger charge is 2.19. The van der Waals surface area contributed by atoms with Crippen molar-refractivity contribution in [3.8, 4) is 0 Å². The minimum absolute atomic E-state index is 0.129. The van der Waals surface area contributed by atoms with E-state index >= 15 is 0 Å². The summed E-state index contributed by atoms with van der Waals surface area (Å²) in [4.78, 5) is 25.9. The van der Waals surface area contributed by atoms with E-state index in [9.17, 15) is 9.59 Å². The van der Waals surface area contributed by atoms with Gasteiger partial charge in [-0.15, -0.1) is 11.3 Å². The zero-order chi connectivity index (χ0) is 10.6. The van der Waals surface area contributed by atoms with Gasteiger partial charge in [0.2, 0.25) is 5.01 Å². The number of thiazole rings is 1. The SMILES string of the molecule is N[C@@H](CS)C(=O)OC(=O)c1nccs1. The summed E-state index contributed by atoms with van der Waals surface area (Å²) in [5.41, 5.74) is 5.30. The molecule has 0 saturated heterocycles. The van der Waals surface area contributed by atoms with Gasteiger partial charge in [0.15, 0.2) is 0 Å². The van der Waals surface area contributed by atoms with Crippen LogP contribution in [0, 0.1) is 0 Å². The van der Waals surface area contributed by atoms with Gasteiger partial charge in [-0.25, -0.2) is 14.6 Å². The highest BCUT2D eigenvalue weighted by molar-refractivity contribution is 7.80. The van der Waals surface area contributed by atoms with Crippen LogP contribution < -0.4 is 5.73 Å². The number of nitrogens with zero attached hydrogens (tertiary/aromatic N) is 1. The van der Waals surface area contributed by atoms with Gasteiger partial charge < -0.3 is 10.5 Å². The number of carbonyl (C=O) groups excluding carboxylic acids is 2. The first-order valence-electron chi connectivity index (χ1n) is 3.67. The number of rotatable bonds is 3. The molecule has 0 spiro atoms. The molecule has 1 aromatic rings. The summed E-state index contributed by atoms with van der Waals surface area (Å²) in [6, 6.07) is -0.887. The second-order valence-electron chi connectivity index (χ2n) is 2.33. The van der Waals surface area contributed by atoms with Crippen molar-refractivity contribution in [3.05, 3.63) is 16.6 Å². The van der Waals surface area contributed by atoms with Crippen LogP contribution in [0.2, 0.25) is 0 Å². The minimum Gasteiger partial charge on any atom is -0.386 e. The van der Waals surface area contributed by atoms with E-state index in [0.29, 0.717) is 0 Å². The standard InChI is InChI=1S/C7H8N2O3S2/c8-4(3-13)6(10)12-7(11)5-9-1-2-14-5/h1-2,4,13H,3,8H2/t4-/m0/s1. The van der Waals surface area contributed by atoms with Crippen LogP contribution in [0.5, 0.6) is 0 Å². The molecule has 1 heterocycles. The summed E-state index contributed by atoms with van der Waals surface area (Å²) in [6.07, 6.45) is 1.45. The Kier molecular flexibility index (Phi) is 4.05. The van der Waals surface area contributed by atoms with Crippen molar-refractivity contribution in [2.45, 2.75) is 6.04 Å². The Bertz CT molecular complexity index is 326. The average Bonchev–Trinajstić information content (AvgIpc) is 2.69. The highest BCUT2D eigenvalue weighted by atomic mass is 32.1. The number of carbonyl (C=O) groups is 2. The number of thiol groups is 1. The molecule has 0 aliphatic heterocycles. The molecule has 0 amide bonds. The van der Waals surface area contributed by atoms with E-state index in [0.717, 1.165) is 11.3 Å². The van der Waals surface area contributed by atoms with E-state index in [-0.39, 0.29) is 10.8 Å². The molecule has 2 N–H and O–H groups in total. The molecule has 0 unspecified atom stereocenters. The van der Waals surface area contributed by atoms with Crippen LogP contribution in [0.4, 0.5) is 0 Å². The van der Waals surface area contributed by atoms with Crippen molar-refractivity contribution in [2.75, 3.05) is 5.75 Å². The van der Waals surface area contributed by atoms with Crippen molar-refractivity contribution in [1.82, 2.24) is 4.98 Å². The van der Waals surface area contributed by atoms with E-state index in [4.69, 9.17) is 5.73 Å². The smallest absolute Gasteiger partial charge is 0.375 e. The molecule has 1 rings (SSSR count). The maximum absolute atomic E-state index is 11.2. The Labute approximate surface area is 89.7 Å². The first kappa shape index (κ1) is 11.2. The van der Waals surface area contributed by atoms with Gasteiger partial charge in [-0.3, -0.25) is 0 Å². The Morgan fingerprint density at radius 3 is 2.93 bits per heavy atom. The molecule has 7 heteroatoms. The largest absolute Gasteiger partial charge is 0.386 e. The zero-order valence-corrected chi connectivity index (χ0v) is 8.75. The Balaban J connectivity index is 2.54. The van der Waals surface area contributed by atoms with Crippen LogP contribution in [0.1, 0.15) is 9.80 Å². The van der Waals surface area contributed by atoms with Crippen molar-refractivity contribution in [3.63, 3.8) is 0 Å². The van der Waals surface area contributed by atoms with Crippen molar-refractivity contribution < 1.29 is 14.3 Å². The number of ether oxygens (including phenoxy) is 1. The van der Waals surface area contributed by atoms with E-state index < -0.39 is 18.0 Å². The zero-order valence-electron chi connectivity index (χ0n) is 7.04. The molecule has 0 aromatic carbocycles. The predicted octanol–water partition coefficient (Wildman–Crippen LogP) is 0.0836. The van der Waals surface area contributed by atoms with Gasteiger partial charge in [0, 0.05) is 17.3 Å². The van der Waals surface area contributed by atoms with Crippen LogP contribution >= 0.6 is 24.0 Å². The second-order valence-corrected chi connectivity index (χ2v) is 3.59. The lowest BCUT2D eigenvalue weighted by atomic mass is 10.4. The van der Waals surface area contributed by atoms with Gasteiger partial charge in [-0.1, -0.05) is 0 Å². The van der Waals surface area contributed by atoms with Crippen LogP contribution in [0.15, 0.2) is 11.6 Å². The van der Waals surface area contributed by atoms with Gasteiger partial charge in [0.05, 0.1) is 0 Å². The minimum atomic E-state index is -0.887. The molecule has 76 valence electrons. The second kappa shape index (κ2) is 5.08. The van der Waals surface area contributed by atoms with Crippen LogP contribution in [-0.2, 0) is 9.53 Å². The third-order valence-electron chi connectivity index (χ3n) is 1.30. The number of esters is 2. The topological polar surface area (TPSA) is 82.3 Å². The van der Waals surface area contributed by atoms with Crippen molar-refractivity contribution in [1.29, 1.82) is 0 Å². The number of hydrogen-bond donors (Lipinski definition) is 2. The first-order chi connectivity index (χ1) is 6.65. The first-order valence-corrected chi connectivity index (χ1v) is 5.18. The molecule has 0 bridgehead atoms. The van der Waals surface area contributed by atoms with E-state index in [1.165, 1.54) is 6.20 Å². The maximum atomic E-state index is 11.2. The molecule has 0 fully saturated rings. The monoisotopic (exact) mass is 232 g/mol. The molecule has 0 aliphatic rings. The summed E-state index contributed by atoms with van der Waals surface area (Å²) < 4.78 is 4.44. The van der Waals surface area contributed by atoms with E-state index in [1.807, 2.05) is 0 Å². The normalized spacial score (nSPS) is 12.1. The third-order valence-corrected chi connectivity index (χ3v) is 2.45. The van der Waals surface area contributed by atoms with Gasteiger partial charge >= 0.3 is 11.9 Å². The van der Waals surface area contributed by atoms with Crippen molar-refractivity contribution >= 4 is 35.9 Å². The Morgan fingerprint density at radius 2 is 2.43 bits per heavy atom. The number of hydrogen-bond acceptors (Lipinski definition) is 7. The van der Waals surface area contributed by atoms with Crippen LogP contribution in [0.25, 0.3) is 0 Å². The summed E-state index contributed by atoms with van der Waals surface area (Å²) in [7, 11) is 0. The fourth-order valence-corrected chi connectivity index (χ4v) is 1.27. The lowest BCUT2D eigenvalue weighted by Crippen LogP contribution is -2.35. The Morgan fingerprint density at radius 1 is 1.71 bits per heavy atom. The molecular formula is C7H8N2O3S2. The molecule has 1 atom stereocenters. The van der Waals surface area contributed by atoms with Gasteiger partial charge in [0.25, 0.3) is 0 Å². The molecule has 14 heavy (non-hydrogen) atoms. The predicted molar refractivity (Wildman–Crippen MR) is 54.4 cm³/mol. The van der Waals surface area contributed by atoms with E-state index in [2.05, 4.69) is 22.3 Å². The van der Waals surface area contributed by atoms with Gasteiger partial charge in [0.1, 0.15) is 6.04 Å². The van der Waals surface area contributed by atoms with Crippen LogP contribution in [-0.4, -0.2) is 28.7 Å². The fraction of sp³-hybridized carbons (Fsp3) is 0.286. The molecular weight excluding hydrogens is 224 g/mol. The maximum Gasteiger partial charge on any atom is 0.375 e. The lowest BCUT2D eigenvalue weighted by molar-refractivity contribution is -0.138. The quantitative estimate of drug-likeness (QED) is 0.438. The van der Waals surface area contributed by atoms with Crippen LogP contribution in [0.3, 0.4) is 0 Å². The summed E-state index contributed by atoms with van der Waals surface area (Å²) in [5.74, 6) is -1.44. The molecule has 0 radical (unpaired) electrons. The summed E-state index contributed by atoms with van der Waals surface area (Å²) in [6.45, 7) is 0. The lowest BCUT2D eigenvalue weighted by Gasteiger charge is -2.05. The fourth-order valence-electron chi connectivity index (χ4n) is 0.609. The third kappa shape index (κ3) is 2.79. The van der Waals surface area contributed by atoms with Gasteiger partial charge in [-0.2, -0.15) is 12.6 Å². The summed E-state index contributed by atoms with van der Waals surface area (Å²) >= 11 is 4.90. The number of nitrogens with two attached hydrogens (primary N) is 1. The summed E-state index contributed by atoms with van der Waals surface area (Å²) in [5, 5.41) is 1.74.